The summed E-state index contributed by atoms with van der Waals surface area (Å²) in [6.45, 7) is 0. The van der Waals surface area contributed by atoms with Gasteiger partial charge in [0.05, 0.1) is 6.04 Å². The Kier molecular flexibility index (Phi) is 5.06. The van der Waals surface area contributed by atoms with E-state index in [2.05, 4.69) is 13.7 Å². The van der Waals surface area contributed by atoms with Crippen LogP contribution in [0.5, 0.6) is 0 Å². The van der Waals surface area contributed by atoms with E-state index in [1.54, 1.807) is 0 Å². The van der Waals surface area contributed by atoms with Crippen LogP contribution in [-0.2, 0) is 0 Å². The van der Waals surface area contributed by atoms with Crippen molar-refractivity contribution in [2.45, 2.75) is 38.1 Å². The Labute approximate surface area is 68.4 Å². The average Bonchev–Trinajstić information content (AvgIpc) is 2.03. The van der Waals surface area contributed by atoms with Crippen LogP contribution in [0.1, 0.15) is 32.1 Å². The van der Waals surface area contributed by atoms with Crippen molar-refractivity contribution in [2.75, 3.05) is 0 Å². The van der Waals surface area contributed by atoms with Crippen molar-refractivity contribution < 1.29 is 0 Å². The van der Waals surface area contributed by atoms with Gasteiger partial charge in [0.15, 0.2) is 0 Å². The minimum absolute atomic E-state index is 0.712. The first-order valence-corrected chi connectivity index (χ1v) is 8.29. The van der Waals surface area contributed by atoms with Gasteiger partial charge in [0.2, 0.25) is 0 Å². The van der Waals surface area contributed by atoms with Gasteiger partial charge >= 0.3 is 0 Å². The summed E-state index contributed by atoms with van der Waals surface area (Å²) in [6.07, 6.45) is 6.95. The maximum Gasteiger partial charge on any atom is 0.0547 e. The highest BCUT2D eigenvalue weighted by Gasteiger charge is 2.10. The largest absolute Gasteiger partial charge is 0.261 e. The van der Waals surface area contributed by atoms with Crippen LogP contribution < -0.4 is 0 Å². The second-order valence-corrected chi connectivity index (χ2v) is 7.02. The summed E-state index contributed by atoms with van der Waals surface area (Å²) in [5, 5.41) is 0. The Morgan fingerprint density at radius 3 is 2.60 bits per heavy atom. The highest BCUT2D eigenvalue weighted by molar-refractivity contribution is 8.36. The molecule has 0 aliphatic heterocycles. The van der Waals surface area contributed by atoms with Gasteiger partial charge < -0.3 is 0 Å². The fraction of sp³-hybridized carbons (Fsp3) is 1.00. The molecule has 0 spiro atoms. The van der Waals surface area contributed by atoms with Gasteiger partial charge in [-0.25, -0.2) is 0 Å². The van der Waals surface area contributed by atoms with Crippen LogP contribution >= 0.6 is 24.9 Å². The molecule has 0 aromatic carbocycles. The minimum Gasteiger partial charge on any atom is -0.261 e. The van der Waals surface area contributed by atoms with Crippen molar-refractivity contribution >= 4 is 24.9 Å². The molecule has 4 heteroatoms. The lowest BCUT2D eigenvalue weighted by molar-refractivity contribution is 0.447. The lowest BCUT2D eigenvalue weighted by Gasteiger charge is -2.16. The third kappa shape index (κ3) is 3.38. The van der Waals surface area contributed by atoms with Gasteiger partial charge in [0, 0.05) is 8.06 Å². The molecule has 10 heavy (non-hydrogen) atoms. The summed E-state index contributed by atoms with van der Waals surface area (Å²) in [5.74, 6) is 0. The monoisotopic (exact) mass is 193 g/mol. The molecule has 1 aliphatic carbocycles. The van der Waals surface area contributed by atoms with Crippen LogP contribution in [0, 0.1) is 0 Å². The molecule has 0 aromatic heterocycles. The van der Waals surface area contributed by atoms with Gasteiger partial charge in [0.25, 0.3) is 0 Å². The topological polar surface area (TPSA) is 12.4 Å². The Morgan fingerprint density at radius 1 is 1.30 bits per heavy atom. The Balaban J connectivity index is 2.19. The number of hydrogen-bond donors (Lipinski definition) is 0. The summed E-state index contributed by atoms with van der Waals surface area (Å²) >= 11 is 0. The lowest BCUT2D eigenvalue weighted by atomic mass is 9.97. The summed E-state index contributed by atoms with van der Waals surface area (Å²) in [4.78, 5) is 0. The molecule has 0 amide bonds. The zero-order valence-electron chi connectivity index (χ0n) is 6.08. The van der Waals surface area contributed by atoms with Crippen LogP contribution in [0.2, 0.25) is 0 Å². The van der Waals surface area contributed by atoms with Gasteiger partial charge in [-0.3, -0.25) is 4.74 Å². The molecule has 1 rings (SSSR count). The van der Waals surface area contributed by atoms with E-state index < -0.39 is 0 Å². The van der Waals surface area contributed by atoms with E-state index in [9.17, 15) is 0 Å². The SMILES string of the molecule is PPP=NC1CCCCC1. The molecular formula is C6H14NP3. The first-order valence-electron chi connectivity index (χ1n) is 3.79. The fourth-order valence-corrected chi connectivity index (χ4v) is 3.06. The zero-order valence-corrected chi connectivity index (χ0v) is 9.13. The molecule has 1 fully saturated rings. The quantitative estimate of drug-likeness (QED) is 0.591. The molecule has 58 valence electrons. The molecule has 2 unspecified atom stereocenters. The molecule has 0 saturated heterocycles. The summed E-state index contributed by atoms with van der Waals surface area (Å²) in [7, 11) is 4.94. The maximum absolute atomic E-state index is 4.57. The molecular weight excluding hydrogens is 179 g/mol. The van der Waals surface area contributed by atoms with Crippen molar-refractivity contribution in [3.63, 3.8) is 0 Å². The lowest BCUT2D eigenvalue weighted by Crippen LogP contribution is -2.07. The van der Waals surface area contributed by atoms with Crippen molar-refractivity contribution in [2.24, 2.45) is 4.74 Å². The second-order valence-electron chi connectivity index (χ2n) is 2.64. The smallest absolute Gasteiger partial charge is 0.0547 e. The fourth-order valence-electron chi connectivity index (χ4n) is 1.31. The van der Waals surface area contributed by atoms with Gasteiger partial charge in [0.1, 0.15) is 0 Å². The Hall–Kier alpha value is 0.960. The van der Waals surface area contributed by atoms with E-state index >= 15 is 0 Å². The van der Waals surface area contributed by atoms with E-state index in [0.29, 0.717) is 6.04 Å². The Bertz CT molecular complexity index is 110. The van der Waals surface area contributed by atoms with Crippen molar-refractivity contribution in [1.29, 1.82) is 0 Å². The molecule has 0 N–H and O–H groups in total. The van der Waals surface area contributed by atoms with Gasteiger partial charge in [-0.15, -0.1) is 8.93 Å². The van der Waals surface area contributed by atoms with Gasteiger partial charge in [-0.1, -0.05) is 19.3 Å². The standard InChI is InChI=1S/C6H14NP3/c8-10-9-7-6-4-2-1-3-5-6/h6,10H,1-5,8H2. The first kappa shape index (κ1) is 9.05. The summed E-state index contributed by atoms with van der Waals surface area (Å²) in [5.41, 5.74) is 0. The van der Waals surface area contributed by atoms with E-state index in [-0.39, 0.29) is 0 Å². The first-order chi connectivity index (χ1) is 4.93. The maximum atomic E-state index is 4.57. The summed E-state index contributed by atoms with van der Waals surface area (Å²) < 4.78 is 4.57. The highest BCUT2D eigenvalue weighted by atomic mass is 32.4. The number of rotatable bonds is 2. The summed E-state index contributed by atoms with van der Waals surface area (Å²) in [6, 6.07) is 0.712. The number of hydrogen-bond acceptors (Lipinski definition) is 1. The van der Waals surface area contributed by atoms with Gasteiger partial charge in [-0.2, -0.15) is 0 Å². The molecule has 1 nitrogen and oxygen atoms in total. The van der Waals surface area contributed by atoms with Crippen molar-refractivity contribution in [3.8, 4) is 0 Å². The molecule has 0 bridgehead atoms. The minimum atomic E-state index is 0.712. The Morgan fingerprint density at radius 2 is 2.00 bits per heavy atom. The number of nitrogens with zero attached hydrogens (tertiary/aromatic N) is 1. The van der Waals surface area contributed by atoms with E-state index in [1.807, 2.05) is 0 Å². The van der Waals surface area contributed by atoms with Crippen LogP contribution in [-0.4, -0.2) is 6.04 Å². The molecule has 0 heterocycles. The van der Waals surface area contributed by atoms with Crippen LogP contribution in [0.15, 0.2) is 4.74 Å². The predicted molar refractivity (Wildman–Crippen MR) is 54.2 cm³/mol. The third-order valence-corrected chi connectivity index (χ3v) is 4.14. The molecule has 1 aliphatic rings. The molecule has 0 aromatic rings. The molecule has 2 atom stereocenters. The van der Waals surface area contributed by atoms with Crippen molar-refractivity contribution in [3.05, 3.63) is 0 Å². The van der Waals surface area contributed by atoms with Crippen molar-refractivity contribution in [1.82, 2.24) is 0 Å². The third-order valence-electron chi connectivity index (χ3n) is 1.85. The van der Waals surface area contributed by atoms with E-state index in [1.165, 1.54) is 40.2 Å². The highest BCUT2D eigenvalue weighted by Crippen LogP contribution is 2.38. The second kappa shape index (κ2) is 5.59. The molecule has 1 saturated carbocycles. The predicted octanol–water partition coefficient (Wildman–Crippen LogP) is 3.83. The van der Waals surface area contributed by atoms with E-state index in [0.717, 1.165) is 7.96 Å². The zero-order chi connectivity index (χ0) is 7.23. The van der Waals surface area contributed by atoms with Crippen LogP contribution in [0.25, 0.3) is 0 Å². The normalized spacial score (nSPS) is 23.3. The van der Waals surface area contributed by atoms with Crippen LogP contribution in [0.3, 0.4) is 0 Å². The van der Waals surface area contributed by atoms with E-state index in [4.69, 9.17) is 0 Å². The van der Waals surface area contributed by atoms with Crippen LogP contribution in [0.4, 0.5) is 0 Å². The van der Waals surface area contributed by atoms with Gasteiger partial charge in [-0.05, 0) is 20.8 Å². The average molecular weight is 193 g/mol. The molecule has 0 radical (unpaired) electrons.